The average Bonchev–Trinajstić information content (AvgIpc) is 2.35. The number of nitrogens with one attached hydrogen (secondary N) is 1. The molecule has 2 aromatic rings. The van der Waals surface area contributed by atoms with Gasteiger partial charge in [0, 0.05) is 19.3 Å². The van der Waals surface area contributed by atoms with Crippen molar-refractivity contribution in [2.24, 2.45) is 0 Å². The second-order valence-corrected chi connectivity index (χ2v) is 4.39. The molecular weight excluding hydrogens is 273 g/mol. The van der Waals surface area contributed by atoms with Crippen molar-refractivity contribution in [2.75, 3.05) is 18.1 Å². The van der Waals surface area contributed by atoms with Crippen LogP contribution in [0.25, 0.3) is 0 Å². The van der Waals surface area contributed by atoms with Gasteiger partial charge in [-0.2, -0.15) is 0 Å². The van der Waals surface area contributed by atoms with E-state index in [1.165, 1.54) is 6.20 Å². The van der Waals surface area contributed by atoms with Crippen molar-refractivity contribution < 1.29 is 4.74 Å². The van der Waals surface area contributed by atoms with Crippen molar-refractivity contribution in [1.29, 1.82) is 0 Å². The van der Waals surface area contributed by atoms with E-state index in [9.17, 15) is 0 Å². The molecule has 3 N–H and O–H groups in total. The molecule has 0 radical (unpaired) electrons. The van der Waals surface area contributed by atoms with Gasteiger partial charge in [0.1, 0.15) is 10.8 Å². The molecule has 0 unspecified atom stereocenters. The average molecular weight is 284 g/mol. The van der Waals surface area contributed by atoms with E-state index in [4.69, 9.17) is 33.7 Å². The number of rotatable bonds is 3. The smallest absolute Gasteiger partial charge is 0.238 e. The number of anilines is 2. The molecule has 1 aromatic carbocycles. The number of halogens is 2. The number of hydrogen-bond acceptors (Lipinski definition) is 4. The van der Waals surface area contributed by atoms with Gasteiger partial charge in [-0.25, -0.2) is 4.98 Å². The predicted octanol–water partition coefficient (Wildman–Crippen LogP) is 3.80. The fourth-order valence-electron chi connectivity index (χ4n) is 1.40. The zero-order valence-corrected chi connectivity index (χ0v) is 11.1. The summed E-state index contributed by atoms with van der Waals surface area (Å²) in [5.41, 5.74) is 7.18. The maximum Gasteiger partial charge on any atom is 0.238 e. The predicted molar refractivity (Wildman–Crippen MR) is 74.7 cm³/mol. The van der Waals surface area contributed by atoms with E-state index in [1.807, 2.05) is 0 Å². The first-order chi connectivity index (χ1) is 8.60. The topological polar surface area (TPSA) is 60.2 Å². The van der Waals surface area contributed by atoms with Crippen molar-refractivity contribution in [1.82, 2.24) is 4.98 Å². The summed E-state index contributed by atoms with van der Waals surface area (Å²) in [7, 11) is 1.78. The fourth-order valence-corrected chi connectivity index (χ4v) is 1.82. The molecule has 4 nitrogen and oxygen atoms in total. The molecule has 0 fully saturated rings. The van der Waals surface area contributed by atoms with Crippen molar-refractivity contribution in [2.45, 2.75) is 0 Å². The third kappa shape index (κ3) is 2.78. The fraction of sp³-hybridized carbons (Fsp3) is 0.0833. The highest BCUT2D eigenvalue weighted by Crippen LogP contribution is 2.31. The molecule has 0 saturated carbocycles. The van der Waals surface area contributed by atoms with Crippen LogP contribution in [0.1, 0.15) is 0 Å². The lowest BCUT2D eigenvalue weighted by molar-refractivity contribution is 0.463. The Morgan fingerprint density at radius 2 is 2.06 bits per heavy atom. The van der Waals surface area contributed by atoms with Crippen molar-refractivity contribution in [3.63, 3.8) is 0 Å². The van der Waals surface area contributed by atoms with Gasteiger partial charge in [0.2, 0.25) is 5.88 Å². The van der Waals surface area contributed by atoms with Crippen LogP contribution in [0.3, 0.4) is 0 Å². The molecule has 1 heterocycles. The highest BCUT2D eigenvalue weighted by atomic mass is 35.5. The van der Waals surface area contributed by atoms with E-state index in [1.54, 1.807) is 31.3 Å². The number of nitrogen functional groups attached to an aromatic ring is 1. The van der Waals surface area contributed by atoms with E-state index in [0.717, 1.165) is 5.69 Å². The number of aromatic nitrogens is 1. The number of nitrogens with zero attached hydrogens (tertiary/aromatic N) is 1. The summed E-state index contributed by atoms with van der Waals surface area (Å²) in [6.45, 7) is 0. The van der Waals surface area contributed by atoms with Gasteiger partial charge in [-0.05, 0) is 18.2 Å². The first-order valence-corrected chi connectivity index (χ1v) is 5.92. The van der Waals surface area contributed by atoms with Crippen LogP contribution < -0.4 is 15.8 Å². The van der Waals surface area contributed by atoms with Gasteiger partial charge >= 0.3 is 0 Å². The van der Waals surface area contributed by atoms with Crippen LogP contribution in [0.4, 0.5) is 11.4 Å². The van der Waals surface area contributed by atoms with Gasteiger partial charge in [0.05, 0.1) is 16.4 Å². The molecule has 0 aliphatic rings. The van der Waals surface area contributed by atoms with E-state index < -0.39 is 0 Å². The first kappa shape index (κ1) is 12.8. The van der Waals surface area contributed by atoms with Crippen LogP contribution in [-0.4, -0.2) is 12.0 Å². The molecule has 0 saturated heterocycles. The molecule has 94 valence electrons. The van der Waals surface area contributed by atoms with Gasteiger partial charge < -0.3 is 15.8 Å². The molecule has 18 heavy (non-hydrogen) atoms. The zero-order chi connectivity index (χ0) is 13.1. The van der Waals surface area contributed by atoms with Crippen LogP contribution in [-0.2, 0) is 0 Å². The highest BCUT2D eigenvalue weighted by Gasteiger charge is 2.07. The maximum atomic E-state index is 5.97. The minimum Gasteiger partial charge on any atom is -0.437 e. The van der Waals surface area contributed by atoms with Crippen LogP contribution in [0, 0.1) is 0 Å². The Hall–Kier alpha value is -1.65. The molecule has 0 spiro atoms. The quantitative estimate of drug-likeness (QED) is 0.841. The molecule has 0 aliphatic heterocycles. The number of hydrogen-bond donors (Lipinski definition) is 2. The summed E-state index contributed by atoms with van der Waals surface area (Å²) in [6, 6.07) is 6.82. The Morgan fingerprint density at radius 1 is 1.28 bits per heavy atom. The Labute approximate surface area is 115 Å². The van der Waals surface area contributed by atoms with E-state index >= 15 is 0 Å². The first-order valence-electron chi connectivity index (χ1n) is 5.16. The molecule has 6 heteroatoms. The number of ether oxygens (including phenoxy) is 1. The summed E-state index contributed by atoms with van der Waals surface area (Å²) < 4.78 is 5.56. The number of nitrogens with two attached hydrogens (primary N) is 1. The molecular formula is C12H11Cl2N3O. The summed E-state index contributed by atoms with van der Waals surface area (Å²) in [5, 5.41) is 3.78. The van der Waals surface area contributed by atoms with Crippen LogP contribution >= 0.6 is 23.2 Å². The maximum absolute atomic E-state index is 5.97. The summed E-state index contributed by atoms with van der Waals surface area (Å²) in [5.74, 6) is 0.887. The Bertz CT molecular complexity index is 575. The van der Waals surface area contributed by atoms with Crippen LogP contribution in [0.15, 0.2) is 30.5 Å². The Balaban J connectivity index is 2.28. The van der Waals surface area contributed by atoms with Gasteiger partial charge in [-0.3, -0.25) is 0 Å². The van der Waals surface area contributed by atoms with E-state index in [0.29, 0.717) is 27.4 Å². The molecule has 2 rings (SSSR count). The van der Waals surface area contributed by atoms with Gasteiger partial charge in [-0.1, -0.05) is 23.2 Å². The Kier molecular flexibility index (Phi) is 3.79. The van der Waals surface area contributed by atoms with Crippen molar-refractivity contribution >= 4 is 34.6 Å². The normalized spacial score (nSPS) is 10.2. The van der Waals surface area contributed by atoms with Crippen LogP contribution in [0.5, 0.6) is 11.6 Å². The molecule has 0 aliphatic carbocycles. The van der Waals surface area contributed by atoms with Crippen molar-refractivity contribution in [3.8, 4) is 11.6 Å². The lowest BCUT2D eigenvalue weighted by Crippen LogP contribution is -1.96. The largest absolute Gasteiger partial charge is 0.437 e. The number of pyridine rings is 1. The highest BCUT2D eigenvalue weighted by molar-refractivity contribution is 6.35. The molecule has 0 atom stereocenters. The lowest BCUT2D eigenvalue weighted by Gasteiger charge is -2.10. The monoisotopic (exact) mass is 283 g/mol. The second-order valence-electron chi connectivity index (χ2n) is 3.54. The minimum absolute atomic E-state index is 0.299. The second kappa shape index (κ2) is 5.33. The van der Waals surface area contributed by atoms with Gasteiger partial charge in [0.15, 0.2) is 0 Å². The third-order valence-corrected chi connectivity index (χ3v) is 2.76. The molecule has 0 bridgehead atoms. The third-order valence-electron chi connectivity index (χ3n) is 2.28. The Morgan fingerprint density at radius 3 is 2.72 bits per heavy atom. The van der Waals surface area contributed by atoms with Gasteiger partial charge in [-0.15, -0.1) is 0 Å². The summed E-state index contributed by atoms with van der Waals surface area (Å²) in [6.07, 6.45) is 1.47. The van der Waals surface area contributed by atoms with Gasteiger partial charge in [0.25, 0.3) is 0 Å². The lowest BCUT2D eigenvalue weighted by atomic mass is 10.2. The van der Waals surface area contributed by atoms with Crippen molar-refractivity contribution in [3.05, 3.63) is 40.5 Å². The molecule has 0 amide bonds. The summed E-state index contributed by atoms with van der Waals surface area (Å²) >= 11 is 11.7. The number of benzene rings is 1. The van der Waals surface area contributed by atoms with E-state index in [2.05, 4.69) is 10.3 Å². The summed E-state index contributed by atoms with van der Waals surface area (Å²) in [4.78, 5) is 4.01. The minimum atomic E-state index is 0.299. The van der Waals surface area contributed by atoms with E-state index in [-0.39, 0.29) is 0 Å². The molecule has 1 aromatic heterocycles. The SMILES string of the molecule is CNc1cc(Oc2ncc(Cl)cc2Cl)ccc1N. The zero-order valence-electron chi connectivity index (χ0n) is 9.58. The van der Waals surface area contributed by atoms with Crippen LogP contribution in [0.2, 0.25) is 10.0 Å². The standard InChI is InChI=1S/C12H11Cl2N3O/c1-16-11-5-8(2-3-10(11)15)18-12-9(14)4-7(13)6-17-12/h2-6,16H,15H2,1H3.